The number of nitrogens with zero attached hydrogens (tertiary/aromatic N) is 5. The first-order chi connectivity index (χ1) is 17.7. The summed E-state index contributed by atoms with van der Waals surface area (Å²) in [6.45, 7) is 6.12. The Kier molecular flexibility index (Phi) is 7.05. The van der Waals surface area contributed by atoms with E-state index in [4.69, 9.17) is 10.2 Å². The lowest BCUT2D eigenvalue weighted by Gasteiger charge is -2.25. The van der Waals surface area contributed by atoms with Crippen molar-refractivity contribution in [2.75, 3.05) is 19.6 Å². The molecule has 1 unspecified atom stereocenters. The van der Waals surface area contributed by atoms with Crippen LogP contribution in [0.15, 0.2) is 102 Å². The van der Waals surface area contributed by atoms with Crippen LogP contribution in [0.5, 0.6) is 0 Å². The molecular formula is C30H31N5O. The Labute approximate surface area is 212 Å². The van der Waals surface area contributed by atoms with Gasteiger partial charge in [-0.2, -0.15) is 10.2 Å². The number of benzene rings is 3. The average molecular weight is 478 g/mol. The first kappa shape index (κ1) is 23.7. The third kappa shape index (κ3) is 4.86. The van der Waals surface area contributed by atoms with Crippen LogP contribution < -0.4 is 0 Å². The maximum atomic E-state index is 13.6. The lowest BCUT2D eigenvalue weighted by molar-refractivity contribution is -0.134. The SMILES string of the molecule is CCN(CC)CC(=O)N1N=C(c2ccccc2)CC1c1cn(-c2ccccc2)nc1-c1ccccc1. The molecule has 1 aromatic heterocycles. The molecule has 0 N–H and O–H groups in total. The number of likely N-dealkylation sites (N-methyl/N-ethyl adjacent to an activating group) is 1. The summed E-state index contributed by atoms with van der Waals surface area (Å²) < 4.78 is 1.91. The second kappa shape index (κ2) is 10.7. The first-order valence-electron chi connectivity index (χ1n) is 12.6. The minimum atomic E-state index is -0.240. The Bertz CT molecular complexity index is 1330. The van der Waals surface area contributed by atoms with Crippen molar-refractivity contribution < 1.29 is 4.79 Å². The van der Waals surface area contributed by atoms with E-state index in [0.29, 0.717) is 13.0 Å². The van der Waals surface area contributed by atoms with Crippen LogP contribution in [0.4, 0.5) is 0 Å². The minimum Gasteiger partial charge on any atom is -0.295 e. The molecular weight excluding hydrogens is 446 g/mol. The third-order valence-corrected chi connectivity index (χ3v) is 6.70. The van der Waals surface area contributed by atoms with Gasteiger partial charge in [0, 0.05) is 23.7 Å². The van der Waals surface area contributed by atoms with Gasteiger partial charge >= 0.3 is 0 Å². The van der Waals surface area contributed by atoms with E-state index < -0.39 is 0 Å². The monoisotopic (exact) mass is 477 g/mol. The fraction of sp³-hybridized carbons (Fsp3) is 0.233. The Balaban J connectivity index is 1.59. The fourth-order valence-electron chi connectivity index (χ4n) is 4.66. The molecule has 0 aliphatic carbocycles. The van der Waals surface area contributed by atoms with Gasteiger partial charge in [0.25, 0.3) is 5.91 Å². The topological polar surface area (TPSA) is 53.7 Å². The van der Waals surface area contributed by atoms with Crippen molar-refractivity contribution in [1.82, 2.24) is 19.7 Å². The predicted molar refractivity (Wildman–Crippen MR) is 144 cm³/mol. The number of amides is 1. The van der Waals surface area contributed by atoms with E-state index in [-0.39, 0.29) is 11.9 Å². The van der Waals surface area contributed by atoms with Crippen molar-refractivity contribution in [2.24, 2.45) is 5.10 Å². The number of carbonyl (C=O) groups is 1. The van der Waals surface area contributed by atoms with Crippen LogP contribution in [0, 0.1) is 0 Å². The van der Waals surface area contributed by atoms with Gasteiger partial charge in [-0.15, -0.1) is 0 Å². The second-order valence-corrected chi connectivity index (χ2v) is 8.91. The van der Waals surface area contributed by atoms with Gasteiger partial charge < -0.3 is 0 Å². The molecule has 4 aromatic rings. The molecule has 182 valence electrons. The lowest BCUT2D eigenvalue weighted by Crippen LogP contribution is -2.38. The molecule has 0 radical (unpaired) electrons. The Morgan fingerprint density at radius 2 is 1.44 bits per heavy atom. The molecule has 1 amide bonds. The molecule has 1 aliphatic rings. The fourth-order valence-corrected chi connectivity index (χ4v) is 4.66. The van der Waals surface area contributed by atoms with Gasteiger partial charge in [0.05, 0.1) is 29.7 Å². The van der Waals surface area contributed by atoms with Gasteiger partial charge in [0.15, 0.2) is 0 Å². The summed E-state index contributed by atoms with van der Waals surface area (Å²) in [7, 11) is 0. The van der Waals surface area contributed by atoms with Crippen molar-refractivity contribution in [1.29, 1.82) is 0 Å². The molecule has 3 aromatic carbocycles. The zero-order valence-electron chi connectivity index (χ0n) is 20.8. The van der Waals surface area contributed by atoms with Gasteiger partial charge in [-0.3, -0.25) is 9.69 Å². The normalized spacial score (nSPS) is 15.4. The third-order valence-electron chi connectivity index (χ3n) is 6.70. The highest BCUT2D eigenvalue weighted by Gasteiger charge is 2.36. The van der Waals surface area contributed by atoms with Gasteiger partial charge in [-0.1, -0.05) is 92.7 Å². The van der Waals surface area contributed by atoms with Crippen LogP contribution in [0.25, 0.3) is 16.9 Å². The number of hydrazone groups is 1. The minimum absolute atomic E-state index is 0.00102. The van der Waals surface area contributed by atoms with Crippen LogP contribution in [-0.2, 0) is 4.79 Å². The van der Waals surface area contributed by atoms with Crippen LogP contribution in [-0.4, -0.2) is 50.9 Å². The summed E-state index contributed by atoms with van der Waals surface area (Å²) in [5.74, 6) is 0.00102. The molecule has 1 atom stereocenters. The van der Waals surface area contributed by atoms with E-state index in [1.807, 2.05) is 71.4 Å². The zero-order valence-corrected chi connectivity index (χ0v) is 20.8. The Morgan fingerprint density at radius 1 is 0.861 bits per heavy atom. The highest BCUT2D eigenvalue weighted by molar-refractivity contribution is 6.03. The first-order valence-corrected chi connectivity index (χ1v) is 12.6. The van der Waals surface area contributed by atoms with E-state index in [2.05, 4.69) is 49.2 Å². The van der Waals surface area contributed by atoms with Crippen LogP contribution in [0.2, 0.25) is 0 Å². The van der Waals surface area contributed by atoms with Crippen molar-refractivity contribution >= 4 is 11.6 Å². The smallest absolute Gasteiger partial charge is 0.257 e. The molecule has 1 aliphatic heterocycles. The van der Waals surface area contributed by atoms with E-state index >= 15 is 0 Å². The van der Waals surface area contributed by atoms with Gasteiger partial charge in [-0.25, -0.2) is 9.69 Å². The van der Waals surface area contributed by atoms with Crippen molar-refractivity contribution in [3.63, 3.8) is 0 Å². The standard InChI is InChI=1S/C30H31N5O/c1-3-33(4-2)22-29(36)35-28(20-27(31-35)23-14-8-5-9-15-23)26-21-34(25-18-12-7-13-19-25)32-30(26)24-16-10-6-11-17-24/h5-19,21,28H,3-4,20,22H2,1-2H3. The van der Waals surface area contributed by atoms with Crippen molar-refractivity contribution in [3.05, 3.63) is 108 Å². The van der Waals surface area contributed by atoms with Crippen LogP contribution in [0.1, 0.15) is 37.4 Å². The molecule has 5 rings (SSSR count). The maximum absolute atomic E-state index is 13.6. The molecule has 2 heterocycles. The summed E-state index contributed by atoms with van der Waals surface area (Å²) in [5, 5.41) is 11.6. The Hall–Kier alpha value is -4.03. The molecule has 0 bridgehead atoms. The summed E-state index contributed by atoms with van der Waals surface area (Å²) >= 11 is 0. The van der Waals surface area contributed by atoms with E-state index in [9.17, 15) is 4.79 Å². The number of para-hydroxylation sites is 1. The second-order valence-electron chi connectivity index (χ2n) is 8.91. The zero-order chi connectivity index (χ0) is 24.9. The molecule has 0 spiro atoms. The highest BCUT2D eigenvalue weighted by Crippen LogP contribution is 2.38. The largest absolute Gasteiger partial charge is 0.295 e. The summed E-state index contributed by atoms with van der Waals surface area (Å²) in [5.41, 5.74) is 5.81. The van der Waals surface area contributed by atoms with E-state index in [1.165, 1.54) is 0 Å². The molecule has 6 heteroatoms. The Morgan fingerprint density at radius 3 is 2.06 bits per heavy atom. The number of hydrogen-bond donors (Lipinski definition) is 0. The number of hydrogen-bond acceptors (Lipinski definition) is 4. The average Bonchev–Trinajstić information content (AvgIpc) is 3.58. The van der Waals surface area contributed by atoms with Crippen molar-refractivity contribution in [3.8, 4) is 16.9 Å². The summed E-state index contributed by atoms with van der Waals surface area (Å²) in [6, 6.07) is 30.1. The van der Waals surface area contributed by atoms with Crippen molar-refractivity contribution in [2.45, 2.75) is 26.3 Å². The molecule has 0 saturated carbocycles. The van der Waals surface area contributed by atoms with E-state index in [0.717, 1.165) is 46.9 Å². The quantitative estimate of drug-likeness (QED) is 0.334. The molecule has 0 saturated heterocycles. The summed E-state index contributed by atoms with van der Waals surface area (Å²) in [6.07, 6.45) is 2.69. The van der Waals surface area contributed by atoms with E-state index in [1.54, 1.807) is 5.01 Å². The number of rotatable bonds is 8. The molecule has 36 heavy (non-hydrogen) atoms. The van der Waals surface area contributed by atoms with Gasteiger partial charge in [-0.05, 0) is 30.8 Å². The molecule has 0 fully saturated rings. The van der Waals surface area contributed by atoms with Crippen LogP contribution in [0.3, 0.4) is 0 Å². The highest BCUT2D eigenvalue weighted by atomic mass is 16.2. The molecule has 6 nitrogen and oxygen atoms in total. The van der Waals surface area contributed by atoms with Crippen LogP contribution >= 0.6 is 0 Å². The summed E-state index contributed by atoms with van der Waals surface area (Å²) in [4.78, 5) is 15.7. The number of carbonyl (C=O) groups excluding carboxylic acids is 1. The van der Waals surface area contributed by atoms with Gasteiger partial charge in [0.2, 0.25) is 0 Å². The number of aromatic nitrogens is 2. The maximum Gasteiger partial charge on any atom is 0.257 e. The predicted octanol–water partition coefficient (Wildman–Crippen LogP) is 5.56. The van der Waals surface area contributed by atoms with Gasteiger partial charge in [0.1, 0.15) is 0 Å². The lowest BCUT2D eigenvalue weighted by atomic mass is 9.96.